The van der Waals surface area contributed by atoms with E-state index >= 15 is 0 Å². The average Bonchev–Trinajstić information content (AvgIpc) is 1.95. The lowest BCUT2D eigenvalue weighted by Gasteiger charge is -2.30. The van der Waals surface area contributed by atoms with Crippen LogP contribution in [0.2, 0.25) is 0 Å². The number of rotatable bonds is 7. The Bertz CT molecular complexity index is 124. The summed E-state index contributed by atoms with van der Waals surface area (Å²) >= 11 is 0. The smallest absolute Gasteiger partial charge is 0.182 e. The number of unbranched alkanes of at least 4 members (excludes halogenated alkanes) is 1. The van der Waals surface area contributed by atoms with E-state index < -0.39 is 0 Å². The summed E-state index contributed by atoms with van der Waals surface area (Å²) in [6.45, 7) is 6.22. The second kappa shape index (κ2) is 6.35. The first-order valence-corrected chi connectivity index (χ1v) is 5.06. The predicted octanol–water partition coefficient (Wildman–Crippen LogP) is 1.22. The molecule has 1 unspecified atom stereocenters. The van der Waals surface area contributed by atoms with Crippen molar-refractivity contribution in [2.75, 3.05) is 34.0 Å². The van der Waals surface area contributed by atoms with Crippen molar-refractivity contribution in [1.82, 2.24) is 0 Å². The lowest BCUT2D eigenvalue weighted by molar-refractivity contribution is -0.912. The van der Waals surface area contributed by atoms with Gasteiger partial charge in [0, 0.05) is 0 Å². The number of hydrogen-bond donors (Lipinski definition) is 1. The van der Waals surface area contributed by atoms with Crippen molar-refractivity contribution < 1.29 is 14.3 Å². The Morgan fingerprint density at radius 3 is 2.46 bits per heavy atom. The minimum absolute atomic E-state index is 0.259. The Balaban J connectivity index is 3.50. The molecule has 1 atom stereocenters. The van der Waals surface area contributed by atoms with Gasteiger partial charge in [0.15, 0.2) is 6.73 Å². The van der Waals surface area contributed by atoms with Crippen LogP contribution in [-0.2, 0) is 4.74 Å². The molecule has 0 heterocycles. The number of aliphatic hydroxyl groups excluding tert-OH is 1. The zero-order valence-electron chi connectivity index (χ0n) is 9.42. The maximum absolute atomic E-state index is 9.22. The van der Waals surface area contributed by atoms with Crippen molar-refractivity contribution in [3.63, 3.8) is 0 Å². The van der Waals surface area contributed by atoms with Crippen LogP contribution in [0.3, 0.4) is 0 Å². The molecule has 0 bridgehead atoms. The summed E-state index contributed by atoms with van der Waals surface area (Å²) in [5.74, 6) is 0. The van der Waals surface area contributed by atoms with Crippen LogP contribution in [-0.4, -0.2) is 49.7 Å². The molecule has 0 aliphatic rings. The Hall–Kier alpha value is -0.120. The standard InChI is InChI=1S/C10H24NO2/c1-5-6-7-13-9-11(3,4)8-10(2)12/h10,12H,5-9H2,1-4H3/q+1. The number of quaternary nitrogens is 1. The van der Waals surface area contributed by atoms with E-state index in [0.29, 0.717) is 6.73 Å². The number of hydrogen-bond acceptors (Lipinski definition) is 2. The number of aliphatic hydroxyl groups is 1. The van der Waals surface area contributed by atoms with Gasteiger partial charge < -0.3 is 14.3 Å². The number of ether oxygens (including phenoxy) is 1. The normalized spacial score (nSPS) is 14.5. The van der Waals surface area contributed by atoms with Gasteiger partial charge in [-0.3, -0.25) is 0 Å². The van der Waals surface area contributed by atoms with Gasteiger partial charge >= 0.3 is 0 Å². The Kier molecular flexibility index (Phi) is 6.29. The van der Waals surface area contributed by atoms with Gasteiger partial charge in [-0.25, -0.2) is 0 Å². The van der Waals surface area contributed by atoms with E-state index in [0.717, 1.165) is 24.1 Å². The van der Waals surface area contributed by atoms with Crippen LogP contribution in [0.15, 0.2) is 0 Å². The first-order chi connectivity index (χ1) is 5.98. The molecular formula is C10H24NO2+. The first kappa shape index (κ1) is 12.9. The van der Waals surface area contributed by atoms with Gasteiger partial charge in [-0.05, 0) is 13.3 Å². The fourth-order valence-corrected chi connectivity index (χ4v) is 1.33. The molecule has 0 spiro atoms. The third kappa shape index (κ3) is 8.22. The summed E-state index contributed by atoms with van der Waals surface area (Å²) in [6, 6.07) is 0. The van der Waals surface area contributed by atoms with Gasteiger partial charge in [0.25, 0.3) is 0 Å². The fourth-order valence-electron chi connectivity index (χ4n) is 1.33. The minimum atomic E-state index is -0.259. The Morgan fingerprint density at radius 2 is 2.00 bits per heavy atom. The largest absolute Gasteiger partial charge is 0.388 e. The van der Waals surface area contributed by atoms with Gasteiger partial charge in [0.1, 0.15) is 12.6 Å². The molecule has 0 amide bonds. The lowest BCUT2D eigenvalue weighted by Crippen LogP contribution is -2.46. The highest BCUT2D eigenvalue weighted by atomic mass is 16.5. The third-order valence-electron chi connectivity index (χ3n) is 1.84. The van der Waals surface area contributed by atoms with Crippen molar-refractivity contribution in [3.8, 4) is 0 Å². The van der Waals surface area contributed by atoms with Crippen LogP contribution >= 0.6 is 0 Å². The molecule has 0 radical (unpaired) electrons. The number of likely N-dealkylation sites (N-methyl/N-ethyl adjacent to an activating group) is 1. The van der Waals surface area contributed by atoms with Crippen molar-refractivity contribution >= 4 is 0 Å². The summed E-state index contributed by atoms with van der Waals surface area (Å²) in [5.41, 5.74) is 0. The SMILES string of the molecule is CCCCOC[N+](C)(C)CC(C)O. The maximum atomic E-state index is 9.22. The molecule has 0 rings (SSSR count). The van der Waals surface area contributed by atoms with Crippen molar-refractivity contribution in [3.05, 3.63) is 0 Å². The van der Waals surface area contributed by atoms with Crippen LogP contribution < -0.4 is 0 Å². The zero-order chi connectivity index (χ0) is 10.3. The highest BCUT2D eigenvalue weighted by molar-refractivity contribution is 4.41. The molecule has 13 heavy (non-hydrogen) atoms. The lowest BCUT2D eigenvalue weighted by atomic mass is 10.3. The summed E-state index contributed by atoms with van der Waals surface area (Å²) < 4.78 is 6.22. The van der Waals surface area contributed by atoms with E-state index in [2.05, 4.69) is 21.0 Å². The van der Waals surface area contributed by atoms with Crippen LogP contribution in [0, 0.1) is 0 Å². The van der Waals surface area contributed by atoms with Crippen molar-refractivity contribution in [1.29, 1.82) is 0 Å². The van der Waals surface area contributed by atoms with Crippen molar-refractivity contribution in [2.24, 2.45) is 0 Å². The second-order valence-corrected chi connectivity index (χ2v) is 4.36. The molecule has 3 nitrogen and oxygen atoms in total. The molecular weight excluding hydrogens is 166 g/mol. The van der Waals surface area contributed by atoms with Gasteiger partial charge in [0.2, 0.25) is 0 Å². The van der Waals surface area contributed by atoms with Crippen LogP contribution in [0.5, 0.6) is 0 Å². The first-order valence-electron chi connectivity index (χ1n) is 5.06. The molecule has 80 valence electrons. The van der Waals surface area contributed by atoms with E-state index in [4.69, 9.17) is 4.74 Å². The van der Waals surface area contributed by atoms with Gasteiger partial charge in [0.05, 0.1) is 20.7 Å². The minimum Gasteiger partial charge on any atom is -0.388 e. The number of nitrogens with zero attached hydrogens (tertiary/aromatic N) is 1. The molecule has 0 saturated heterocycles. The molecule has 0 aliphatic heterocycles. The quantitative estimate of drug-likeness (QED) is 0.371. The Labute approximate surface area is 81.9 Å². The fraction of sp³-hybridized carbons (Fsp3) is 1.00. The zero-order valence-corrected chi connectivity index (χ0v) is 9.42. The Morgan fingerprint density at radius 1 is 1.38 bits per heavy atom. The summed E-state index contributed by atoms with van der Waals surface area (Å²) in [4.78, 5) is 0. The summed E-state index contributed by atoms with van der Waals surface area (Å²) in [6.07, 6.45) is 2.03. The molecule has 0 aromatic carbocycles. The summed E-state index contributed by atoms with van der Waals surface area (Å²) in [7, 11) is 4.14. The molecule has 3 heteroatoms. The van der Waals surface area contributed by atoms with Crippen molar-refractivity contribution in [2.45, 2.75) is 32.8 Å². The van der Waals surface area contributed by atoms with Crippen LogP contribution in [0.1, 0.15) is 26.7 Å². The molecule has 0 aromatic rings. The highest BCUT2D eigenvalue weighted by Crippen LogP contribution is 2.00. The molecule has 0 saturated carbocycles. The third-order valence-corrected chi connectivity index (χ3v) is 1.84. The van der Waals surface area contributed by atoms with E-state index in [1.807, 2.05) is 6.92 Å². The maximum Gasteiger partial charge on any atom is 0.182 e. The molecule has 0 fully saturated rings. The highest BCUT2D eigenvalue weighted by Gasteiger charge is 2.17. The molecule has 0 aliphatic carbocycles. The van der Waals surface area contributed by atoms with Crippen LogP contribution in [0.4, 0.5) is 0 Å². The molecule has 1 N–H and O–H groups in total. The summed E-state index contributed by atoms with van der Waals surface area (Å²) in [5, 5.41) is 9.22. The van der Waals surface area contributed by atoms with E-state index in [1.165, 1.54) is 6.42 Å². The monoisotopic (exact) mass is 190 g/mol. The van der Waals surface area contributed by atoms with Gasteiger partial charge in [-0.1, -0.05) is 13.3 Å². The molecule has 0 aromatic heterocycles. The predicted molar refractivity (Wildman–Crippen MR) is 54.4 cm³/mol. The van der Waals surface area contributed by atoms with Gasteiger partial charge in [-0.15, -0.1) is 0 Å². The second-order valence-electron chi connectivity index (χ2n) is 4.36. The van der Waals surface area contributed by atoms with E-state index in [-0.39, 0.29) is 6.10 Å². The van der Waals surface area contributed by atoms with E-state index in [1.54, 1.807) is 0 Å². The topological polar surface area (TPSA) is 29.5 Å². The van der Waals surface area contributed by atoms with Gasteiger partial charge in [-0.2, -0.15) is 0 Å². The average molecular weight is 190 g/mol. The van der Waals surface area contributed by atoms with E-state index in [9.17, 15) is 5.11 Å². The van der Waals surface area contributed by atoms with Crippen LogP contribution in [0.25, 0.3) is 0 Å².